The van der Waals surface area contributed by atoms with E-state index in [1.54, 1.807) is 18.3 Å². The zero-order valence-corrected chi connectivity index (χ0v) is 13.9. The van der Waals surface area contributed by atoms with Crippen molar-refractivity contribution in [2.45, 2.75) is 13.0 Å². The van der Waals surface area contributed by atoms with E-state index in [2.05, 4.69) is 4.98 Å². The van der Waals surface area contributed by atoms with E-state index in [1.807, 2.05) is 6.07 Å². The summed E-state index contributed by atoms with van der Waals surface area (Å²) in [6.45, 7) is 1.90. The first kappa shape index (κ1) is 15.7. The molecule has 1 saturated heterocycles. The molecule has 0 amide bonds. The maximum absolute atomic E-state index is 12.8. The van der Waals surface area contributed by atoms with Gasteiger partial charge in [0.05, 0.1) is 24.5 Å². The Morgan fingerprint density at radius 3 is 2.67 bits per heavy atom. The van der Waals surface area contributed by atoms with E-state index < -0.39 is 10.2 Å². The van der Waals surface area contributed by atoms with Gasteiger partial charge in [-0.25, -0.2) is 4.98 Å². The molecule has 0 N–H and O–H groups in total. The number of nitrogens with zero attached hydrogens (tertiary/aromatic N) is 4. The van der Waals surface area contributed by atoms with Crippen molar-refractivity contribution in [1.82, 2.24) is 18.0 Å². The van der Waals surface area contributed by atoms with Gasteiger partial charge in [0, 0.05) is 38.8 Å². The summed E-state index contributed by atoms with van der Waals surface area (Å²) < 4.78 is 35.1. The number of hydrogen-bond acceptors (Lipinski definition) is 5. The van der Waals surface area contributed by atoms with Crippen LogP contribution in [0.25, 0.3) is 5.65 Å². The minimum absolute atomic E-state index is 0.0681. The first-order valence-electron chi connectivity index (χ1n) is 7.89. The molecule has 1 fully saturated rings. The Balaban J connectivity index is 1.71. The number of fused-ring (bicyclic) bond motifs is 2. The van der Waals surface area contributed by atoms with Crippen LogP contribution in [0.2, 0.25) is 0 Å². The minimum Gasteiger partial charge on any atom is -0.379 e. The predicted molar refractivity (Wildman–Crippen MR) is 86.9 cm³/mol. The third-order valence-corrected chi connectivity index (χ3v) is 6.45. The Hall–Kier alpha value is -1.81. The maximum atomic E-state index is 12.8. The van der Waals surface area contributed by atoms with Crippen LogP contribution in [0.5, 0.6) is 0 Å². The van der Waals surface area contributed by atoms with E-state index >= 15 is 0 Å². The monoisotopic (exact) mass is 350 g/mol. The van der Waals surface area contributed by atoms with Crippen LogP contribution < -0.4 is 5.56 Å². The van der Waals surface area contributed by atoms with Crippen molar-refractivity contribution in [3.63, 3.8) is 0 Å². The van der Waals surface area contributed by atoms with Gasteiger partial charge in [0.1, 0.15) is 5.65 Å². The van der Waals surface area contributed by atoms with Crippen LogP contribution in [-0.2, 0) is 27.9 Å². The molecule has 9 heteroatoms. The summed E-state index contributed by atoms with van der Waals surface area (Å²) >= 11 is 0. The molecule has 24 heavy (non-hydrogen) atoms. The van der Waals surface area contributed by atoms with Crippen molar-refractivity contribution >= 4 is 15.9 Å². The fraction of sp³-hybridized carbons (Fsp3) is 0.467. The molecule has 0 spiro atoms. The average Bonchev–Trinajstić information content (AvgIpc) is 2.62. The highest BCUT2D eigenvalue weighted by Crippen LogP contribution is 2.20. The fourth-order valence-electron chi connectivity index (χ4n) is 3.16. The molecule has 0 aromatic carbocycles. The minimum atomic E-state index is -3.59. The number of rotatable bonds is 2. The van der Waals surface area contributed by atoms with Crippen molar-refractivity contribution in [3.05, 3.63) is 46.0 Å². The molecule has 128 valence electrons. The zero-order valence-electron chi connectivity index (χ0n) is 13.1. The summed E-state index contributed by atoms with van der Waals surface area (Å²) in [5.41, 5.74) is 1.55. The molecule has 0 aliphatic carbocycles. The van der Waals surface area contributed by atoms with Gasteiger partial charge in [0.15, 0.2) is 0 Å². The molecule has 4 heterocycles. The molecule has 2 aromatic rings. The lowest BCUT2D eigenvalue weighted by Crippen LogP contribution is -2.50. The lowest BCUT2D eigenvalue weighted by Gasteiger charge is -2.34. The van der Waals surface area contributed by atoms with Crippen LogP contribution >= 0.6 is 0 Å². The highest BCUT2D eigenvalue weighted by Gasteiger charge is 2.34. The number of pyridine rings is 1. The summed E-state index contributed by atoms with van der Waals surface area (Å²) in [4.78, 5) is 17.2. The van der Waals surface area contributed by atoms with Gasteiger partial charge in [-0.1, -0.05) is 6.07 Å². The Kier molecular flexibility index (Phi) is 3.87. The molecule has 2 aromatic heterocycles. The van der Waals surface area contributed by atoms with Crippen LogP contribution in [0.4, 0.5) is 0 Å². The second kappa shape index (κ2) is 5.92. The van der Waals surface area contributed by atoms with Crippen molar-refractivity contribution in [2.24, 2.45) is 0 Å². The van der Waals surface area contributed by atoms with Crippen LogP contribution in [0.3, 0.4) is 0 Å². The number of hydrogen-bond donors (Lipinski definition) is 0. The lowest BCUT2D eigenvalue weighted by atomic mass is 10.1. The van der Waals surface area contributed by atoms with E-state index in [9.17, 15) is 13.2 Å². The maximum Gasteiger partial charge on any atom is 0.282 e. The van der Waals surface area contributed by atoms with Crippen LogP contribution in [-0.4, -0.2) is 59.3 Å². The topological polar surface area (TPSA) is 84.2 Å². The Morgan fingerprint density at radius 1 is 1.08 bits per heavy atom. The fourth-order valence-corrected chi connectivity index (χ4v) is 4.71. The normalized spacial score (nSPS) is 20.2. The van der Waals surface area contributed by atoms with Gasteiger partial charge in [0.2, 0.25) is 0 Å². The van der Waals surface area contributed by atoms with Gasteiger partial charge < -0.3 is 4.74 Å². The Bertz CT molecular complexity index is 934. The molecule has 0 atom stereocenters. The second-order valence-electron chi connectivity index (χ2n) is 5.87. The number of ether oxygens (including phenoxy) is 1. The molecule has 0 bridgehead atoms. The van der Waals surface area contributed by atoms with Crippen LogP contribution in [0.1, 0.15) is 11.3 Å². The molecular weight excluding hydrogens is 332 g/mol. The van der Waals surface area contributed by atoms with E-state index in [4.69, 9.17) is 4.74 Å². The highest BCUT2D eigenvalue weighted by atomic mass is 32.2. The molecular formula is C15H18N4O4S. The van der Waals surface area contributed by atoms with Crippen LogP contribution in [0, 0.1) is 0 Å². The molecule has 0 radical (unpaired) electrons. The van der Waals surface area contributed by atoms with E-state index in [0.717, 1.165) is 0 Å². The Labute approximate surface area is 139 Å². The first-order valence-corrected chi connectivity index (χ1v) is 9.29. The van der Waals surface area contributed by atoms with E-state index in [-0.39, 0.29) is 12.1 Å². The molecule has 2 aliphatic rings. The molecule has 4 rings (SSSR count). The number of morpholine rings is 1. The molecule has 0 unspecified atom stereocenters. The van der Waals surface area contributed by atoms with Gasteiger partial charge in [-0.05, 0) is 12.1 Å². The largest absolute Gasteiger partial charge is 0.379 e. The van der Waals surface area contributed by atoms with Gasteiger partial charge in [-0.15, -0.1) is 0 Å². The molecule has 8 nitrogen and oxygen atoms in total. The van der Waals surface area contributed by atoms with Gasteiger partial charge in [-0.2, -0.15) is 17.0 Å². The van der Waals surface area contributed by atoms with Gasteiger partial charge in [-0.3, -0.25) is 9.20 Å². The SMILES string of the molecule is O=c1c2c(nc3ccccn13)CCN(S(=O)(=O)N1CCOCC1)C2. The summed E-state index contributed by atoms with van der Waals surface area (Å²) in [5, 5.41) is 0. The van der Waals surface area contributed by atoms with Gasteiger partial charge in [0.25, 0.3) is 15.8 Å². The van der Waals surface area contributed by atoms with E-state index in [0.29, 0.717) is 56.2 Å². The third-order valence-electron chi connectivity index (χ3n) is 4.47. The van der Waals surface area contributed by atoms with Crippen molar-refractivity contribution in [3.8, 4) is 0 Å². The summed E-state index contributed by atoms with van der Waals surface area (Å²) in [5.74, 6) is 0. The molecule has 0 saturated carbocycles. The van der Waals surface area contributed by atoms with Crippen molar-refractivity contribution in [2.75, 3.05) is 32.8 Å². The predicted octanol–water partition coefficient (Wildman–Crippen LogP) is -0.370. The number of aromatic nitrogens is 2. The zero-order chi connectivity index (χ0) is 16.7. The van der Waals surface area contributed by atoms with Crippen LogP contribution in [0.15, 0.2) is 29.2 Å². The van der Waals surface area contributed by atoms with Crippen molar-refractivity contribution < 1.29 is 13.2 Å². The molecule has 2 aliphatic heterocycles. The van der Waals surface area contributed by atoms with E-state index in [1.165, 1.54) is 13.0 Å². The Morgan fingerprint density at radius 2 is 1.88 bits per heavy atom. The quantitative estimate of drug-likeness (QED) is 0.738. The average molecular weight is 350 g/mol. The summed E-state index contributed by atoms with van der Waals surface area (Å²) in [7, 11) is -3.59. The van der Waals surface area contributed by atoms with Crippen molar-refractivity contribution in [1.29, 1.82) is 0 Å². The lowest BCUT2D eigenvalue weighted by molar-refractivity contribution is 0.0698. The smallest absolute Gasteiger partial charge is 0.282 e. The summed E-state index contributed by atoms with van der Waals surface area (Å²) in [6.07, 6.45) is 2.10. The van der Waals surface area contributed by atoms with Gasteiger partial charge >= 0.3 is 0 Å². The highest BCUT2D eigenvalue weighted by molar-refractivity contribution is 7.86. The summed E-state index contributed by atoms with van der Waals surface area (Å²) in [6, 6.07) is 5.36. The first-order chi connectivity index (χ1) is 11.6. The standard InChI is InChI=1S/C15H18N4O4S/c20-15-12-11-18(24(21,22)17-7-9-23-10-8-17)6-4-13(12)16-14-3-1-2-5-19(14)15/h1-3,5H,4,6-11H2. The third kappa shape index (κ3) is 2.53. The second-order valence-corrected chi connectivity index (χ2v) is 7.80.